The van der Waals surface area contributed by atoms with Gasteiger partial charge in [-0.25, -0.2) is 4.98 Å². The molecule has 96 valence electrons. The fraction of sp³-hybridized carbons (Fsp3) is 0.636. The van der Waals surface area contributed by atoms with Crippen LogP contribution >= 0.6 is 0 Å². The summed E-state index contributed by atoms with van der Waals surface area (Å²) in [6, 6.07) is 1.63. The molecule has 6 nitrogen and oxygen atoms in total. The number of anilines is 1. The maximum Gasteiger partial charge on any atom is 0.218 e. The van der Waals surface area contributed by atoms with Gasteiger partial charge in [-0.15, -0.1) is 0 Å². The third-order valence-corrected chi connectivity index (χ3v) is 2.70. The molecule has 6 heteroatoms. The lowest BCUT2D eigenvalue weighted by Crippen LogP contribution is -2.45. The van der Waals surface area contributed by atoms with Crippen molar-refractivity contribution in [2.75, 3.05) is 25.6 Å². The predicted octanol–water partition coefficient (Wildman–Crippen LogP) is 0.339. The molecule has 0 aliphatic rings. The molecule has 0 bridgehead atoms. The second-order valence-corrected chi connectivity index (χ2v) is 3.92. The predicted molar refractivity (Wildman–Crippen MR) is 64.1 cm³/mol. The van der Waals surface area contributed by atoms with E-state index in [9.17, 15) is 10.2 Å². The van der Waals surface area contributed by atoms with E-state index in [1.165, 1.54) is 7.11 Å². The van der Waals surface area contributed by atoms with Crippen molar-refractivity contribution in [3.63, 3.8) is 0 Å². The number of aromatic nitrogens is 2. The zero-order valence-corrected chi connectivity index (χ0v) is 10.4. The van der Waals surface area contributed by atoms with Crippen molar-refractivity contribution >= 4 is 5.82 Å². The molecule has 0 radical (unpaired) electrons. The van der Waals surface area contributed by atoms with Crippen LogP contribution in [0, 0.1) is 6.92 Å². The van der Waals surface area contributed by atoms with Crippen LogP contribution < -0.4 is 10.1 Å². The number of hydrogen-bond donors (Lipinski definition) is 3. The van der Waals surface area contributed by atoms with Gasteiger partial charge in [0, 0.05) is 6.07 Å². The maximum absolute atomic E-state index is 9.34. The van der Waals surface area contributed by atoms with Crippen LogP contribution in [0.4, 0.5) is 5.82 Å². The number of ether oxygens (including phenoxy) is 1. The van der Waals surface area contributed by atoms with Crippen LogP contribution in [0.25, 0.3) is 0 Å². The average Bonchev–Trinajstić information content (AvgIpc) is 2.35. The Morgan fingerprint density at radius 1 is 1.35 bits per heavy atom. The summed E-state index contributed by atoms with van der Waals surface area (Å²) in [6.07, 6.45) is 0.575. The molecule has 1 aromatic heterocycles. The number of nitrogens with zero attached hydrogens (tertiary/aromatic N) is 2. The van der Waals surface area contributed by atoms with Crippen LogP contribution in [0.5, 0.6) is 5.88 Å². The summed E-state index contributed by atoms with van der Waals surface area (Å²) in [7, 11) is 1.52. The first-order valence-corrected chi connectivity index (χ1v) is 5.48. The topological polar surface area (TPSA) is 87.5 Å². The van der Waals surface area contributed by atoms with Crippen LogP contribution in [-0.4, -0.2) is 46.0 Å². The minimum Gasteiger partial charge on any atom is -0.481 e. The molecule has 1 rings (SSSR count). The third-order valence-electron chi connectivity index (χ3n) is 2.70. The number of aliphatic hydroxyl groups is 2. The summed E-state index contributed by atoms with van der Waals surface area (Å²) in [4.78, 5) is 8.25. The van der Waals surface area contributed by atoms with Gasteiger partial charge in [0.05, 0.1) is 25.9 Å². The molecular weight excluding hydrogens is 222 g/mol. The molecule has 1 aromatic rings. The van der Waals surface area contributed by atoms with Crippen molar-refractivity contribution in [1.82, 2.24) is 9.97 Å². The highest BCUT2D eigenvalue weighted by Crippen LogP contribution is 2.19. The summed E-state index contributed by atoms with van der Waals surface area (Å²) in [6.45, 7) is 3.28. The average molecular weight is 241 g/mol. The number of aryl methyl sites for hydroxylation is 1. The van der Waals surface area contributed by atoms with Gasteiger partial charge in [0.25, 0.3) is 0 Å². The quantitative estimate of drug-likeness (QED) is 0.665. The Hall–Kier alpha value is -1.40. The van der Waals surface area contributed by atoms with E-state index in [2.05, 4.69) is 15.3 Å². The van der Waals surface area contributed by atoms with Gasteiger partial charge >= 0.3 is 0 Å². The Morgan fingerprint density at radius 3 is 2.47 bits per heavy atom. The molecule has 0 spiro atoms. The van der Waals surface area contributed by atoms with Gasteiger partial charge in [-0.2, -0.15) is 4.98 Å². The smallest absolute Gasteiger partial charge is 0.218 e. The largest absolute Gasteiger partial charge is 0.481 e. The SMILES string of the molecule is CCC(CO)(CO)Nc1cc(OC)nc(C)n1. The Bertz CT molecular complexity index is 359. The second-order valence-electron chi connectivity index (χ2n) is 3.92. The number of methoxy groups -OCH3 is 1. The first kappa shape index (κ1) is 13.7. The number of aliphatic hydroxyl groups excluding tert-OH is 2. The highest BCUT2D eigenvalue weighted by atomic mass is 16.5. The zero-order valence-electron chi connectivity index (χ0n) is 10.4. The Labute approximate surface area is 101 Å². The minimum atomic E-state index is -0.772. The van der Waals surface area contributed by atoms with Crippen molar-refractivity contribution in [3.8, 4) is 5.88 Å². The molecule has 0 saturated heterocycles. The van der Waals surface area contributed by atoms with Crippen LogP contribution in [0.2, 0.25) is 0 Å². The van der Waals surface area contributed by atoms with E-state index in [4.69, 9.17) is 4.74 Å². The molecule has 3 N–H and O–H groups in total. The molecule has 0 fully saturated rings. The summed E-state index contributed by atoms with van der Waals surface area (Å²) in [5, 5.41) is 21.7. The molecule has 0 saturated carbocycles. The molecular formula is C11H19N3O3. The van der Waals surface area contributed by atoms with E-state index < -0.39 is 5.54 Å². The highest BCUT2D eigenvalue weighted by molar-refractivity contribution is 5.41. The van der Waals surface area contributed by atoms with E-state index in [0.29, 0.717) is 23.9 Å². The van der Waals surface area contributed by atoms with Gasteiger partial charge in [0.15, 0.2) is 0 Å². The molecule has 0 unspecified atom stereocenters. The van der Waals surface area contributed by atoms with Gasteiger partial charge in [-0.05, 0) is 13.3 Å². The van der Waals surface area contributed by atoms with E-state index >= 15 is 0 Å². The van der Waals surface area contributed by atoms with Gasteiger partial charge in [0.1, 0.15) is 11.6 Å². The normalized spacial score (nSPS) is 11.4. The monoisotopic (exact) mass is 241 g/mol. The Kier molecular flexibility index (Phi) is 4.65. The van der Waals surface area contributed by atoms with Gasteiger partial charge < -0.3 is 20.3 Å². The van der Waals surface area contributed by atoms with Crippen molar-refractivity contribution in [3.05, 3.63) is 11.9 Å². The van der Waals surface area contributed by atoms with Gasteiger partial charge in [0.2, 0.25) is 5.88 Å². The molecule has 0 amide bonds. The molecule has 0 aliphatic carbocycles. The first-order valence-electron chi connectivity index (χ1n) is 5.48. The molecule has 0 aromatic carbocycles. The third kappa shape index (κ3) is 3.28. The lowest BCUT2D eigenvalue weighted by atomic mass is 9.98. The van der Waals surface area contributed by atoms with Crippen molar-refractivity contribution < 1.29 is 14.9 Å². The van der Waals surface area contributed by atoms with Crippen molar-refractivity contribution in [2.45, 2.75) is 25.8 Å². The highest BCUT2D eigenvalue weighted by Gasteiger charge is 2.27. The summed E-state index contributed by atoms with van der Waals surface area (Å²) in [5.41, 5.74) is -0.772. The summed E-state index contributed by atoms with van der Waals surface area (Å²) >= 11 is 0. The summed E-state index contributed by atoms with van der Waals surface area (Å²) < 4.78 is 5.03. The molecule has 17 heavy (non-hydrogen) atoms. The van der Waals surface area contributed by atoms with E-state index in [1.54, 1.807) is 13.0 Å². The minimum absolute atomic E-state index is 0.175. The van der Waals surface area contributed by atoms with Gasteiger partial charge in [-0.1, -0.05) is 6.92 Å². The maximum atomic E-state index is 9.34. The van der Waals surface area contributed by atoms with Crippen LogP contribution in [-0.2, 0) is 0 Å². The van der Waals surface area contributed by atoms with Gasteiger partial charge in [-0.3, -0.25) is 0 Å². The Balaban J connectivity index is 2.96. The Morgan fingerprint density at radius 2 is 2.00 bits per heavy atom. The number of hydrogen-bond acceptors (Lipinski definition) is 6. The summed E-state index contributed by atoms with van der Waals surface area (Å²) in [5.74, 6) is 1.54. The van der Waals surface area contributed by atoms with E-state index in [0.717, 1.165) is 0 Å². The van der Waals surface area contributed by atoms with Crippen LogP contribution in [0.15, 0.2) is 6.07 Å². The fourth-order valence-electron chi connectivity index (χ4n) is 1.42. The van der Waals surface area contributed by atoms with Crippen molar-refractivity contribution in [1.29, 1.82) is 0 Å². The fourth-order valence-corrected chi connectivity index (χ4v) is 1.42. The first-order chi connectivity index (χ1) is 8.09. The zero-order chi connectivity index (χ0) is 12.9. The van der Waals surface area contributed by atoms with Crippen LogP contribution in [0.1, 0.15) is 19.2 Å². The van der Waals surface area contributed by atoms with Crippen LogP contribution in [0.3, 0.4) is 0 Å². The number of nitrogens with one attached hydrogen (secondary N) is 1. The van der Waals surface area contributed by atoms with E-state index in [1.807, 2.05) is 6.92 Å². The lowest BCUT2D eigenvalue weighted by Gasteiger charge is -2.30. The molecule has 0 atom stereocenters. The molecule has 1 heterocycles. The van der Waals surface area contributed by atoms with Crippen molar-refractivity contribution in [2.24, 2.45) is 0 Å². The molecule has 0 aliphatic heterocycles. The lowest BCUT2D eigenvalue weighted by molar-refractivity contribution is 0.132. The number of rotatable bonds is 6. The standard InChI is InChI=1S/C11H19N3O3/c1-4-11(6-15,7-16)14-9-5-10(17-3)13-8(2)12-9/h5,15-16H,4,6-7H2,1-3H3,(H,12,13,14). The van der Waals surface area contributed by atoms with E-state index in [-0.39, 0.29) is 13.2 Å². The second kappa shape index (κ2) is 5.79.